The fraction of sp³-hybridized carbons (Fsp3) is 0.769. The molecule has 0 saturated heterocycles. The fourth-order valence-electron chi connectivity index (χ4n) is 1.72. The first-order chi connectivity index (χ1) is 8.60. The molecular formula is C13H25N3S2. The number of hydrogen-bond donors (Lipinski definition) is 1. The smallest absolute Gasteiger partial charge is 0.185 e. The molecule has 5 heteroatoms. The zero-order valence-electron chi connectivity index (χ0n) is 12.1. The molecule has 1 aromatic rings. The van der Waals surface area contributed by atoms with E-state index in [4.69, 9.17) is 0 Å². The summed E-state index contributed by atoms with van der Waals surface area (Å²) in [6.07, 6.45) is 5.37. The number of nitrogens with one attached hydrogen (secondary N) is 1. The van der Waals surface area contributed by atoms with E-state index < -0.39 is 0 Å². The SMILES string of the molecule is CCNC(C)c1cnc(N(C)C(C)CCSC)s1. The Balaban J connectivity index is 2.61. The van der Waals surface area contributed by atoms with Crippen LogP contribution in [0.4, 0.5) is 5.13 Å². The summed E-state index contributed by atoms with van der Waals surface area (Å²) >= 11 is 3.70. The lowest BCUT2D eigenvalue weighted by Gasteiger charge is -2.24. The Labute approximate surface area is 119 Å². The first-order valence-corrected chi connectivity index (χ1v) is 8.72. The molecule has 2 unspecified atom stereocenters. The highest BCUT2D eigenvalue weighted by atomic mass is 32.2. The maximum Gasteiger partial charge on any atom is 0.185 e. The van der Waals surface area contributed by atoms with Gasteiger partial charge >= 0.3 is 0 Å². The second-order valence-corrected chi connectivity index (χ2v) is 6.59. The third kappa shape index (κ3) is 4.44. The highest BCUT2D eigenvalue weighted by Gasteiger charge is 2.15. The van der Waals surface area contributed by atoms with Gasteiger partial charge in [0.15, 0.2) is 5.13 Å². The van der Waals surface area contributed by atoms with Crippen molar-refractivity contribution in [1.29, 1.82) is 0 Å². The first-order valence-electron chi connectivity index (χ1n) is 6.51. The summed E-state index contributed by atoms with van der Waals surface area (Å²) in [5.41, 5.74) is 0. The van der Waals surface area contributed by atoms with Gasteiger partial charge in [-0.1, -0.05) is 6.92 Å². The molecule has 0 aliphatic heterocycles. The van der Waals surface area contributed by atoms with E-state index in [-0.39, 0.29) is 0 Å². The highest BCUT2D eigenvalue weighted by Crippen LogP contribution is 2.28. The van der Waals surface area contributed by atoms with Gasteiger partial charge < -0.3 is 10.2 Å². The Hall–Kier alpha value is -0.260. The number of hydrogen-bond acceptors (Lipinski definition) is 5. The van der Waals surface area contributed by atoms with Crippen LogP contribution in [0.15, 0.2) is 6.20 Å². The lowest BCUT2D eigenvalue weighted by Crippen LogP contribution is -2.29. The average Bonchev–Trinajstić information content (AvgIpc) is 2.84. The van der Waals surface area contributed by atoms with E-state index in [0.29, 0.717) is 12.1 Å². The van der Waals surface area contributed by atoms with Gasteiger partial charge in [-0.15, -0.1) is 11.3 Å². The zero-order valence-corrected chi connectivity index (χ0v) is 13.7. The molecule has 0 saturated carbocycles. The van der Waals surface area contributed by atoms with Crippen LogP contribution >= 0.6 is 23.1 Å². The summed E-state index contributed by atoms with van der Waals surface area (Å²) in [6.45, 7) is 7.59. The number of nitrogens with zero attached hydrogens (tertiary/aromatic N) is 2. The van der Waals surface area contributed by atoms with E-state index >= 15 is 0 Å². The van der Waals surface area contributed by atoms with Gasteiger partial charge in [0, 0.05) is 30.2 Å². The molecule has 0 aliphatic rings. The number of rotatable bonds is 8. The standard InChI is InChI=1S/C13H25N3S2/c1-6-14-11(3)12-9-15-13(18-12)16(4)10(2)7-8-17-5/h9-11,14H,6-8H2,1-5H3. The van der Waals surface area contributed by atoms with Crippen molar-refractivity contribution in [1.82, 2.24) is 10.3 Å². The molecule has 2 atom stereocenters. The van der Waals surface area contributed by atoms with Crippen molar-refractivity contribution in [3.05, 3.63) is 11.1 Å². The minimum atomic E-state index is 0.399. The van der Waals surface area contributed by atoms with Crippen LogP contribution in [0.25, 0.3) is 0 Å². The van der Waals surface area contributed by atoms with Crippen molar-refractivity contribution in [2.45, 2.75) is 39.3 Å². The van der Waals surface area contributed by atoms with Crippen LogP contribution in [0, 0.1) is 0 Å². The Kier molecular flexibility index (Phi) is 7.04. The quantitative estimate of drug-likeness (QED) is 0.793. The lowest BCUT2D eigenvalue weighted by molar-refractivity contribution is 0.606. The summed E-state index contributed by atoms with van der Waals surface area (Å²) < 4.78 is 0. The third-order valence-corrected chi connectivity index (χ3v) is 5.07. The summed E-state index contributed by atoms with van der Waals surface area (Å²) in [4.78, 5) is 8.16. The van der Waals surface area contributed by atoms with Gasteiger partial charge in [0.25, 0.3) is 0 Å². The normalized spacial score (nSPS) is 14.5. The molecule has 18 heavy (non-hydrogen) atoms. The molecule has 1 N–H and O–H groups in total. The Bertz CT molecular complexity index is 341. The molecule has 3 nitrogen and oxygen atoms in total. The Morgan fingerprint density at radius 3 is 2.83 bits per heavy atom. The summed E-state index contributed by atoms with van der Waals surface area (Å²) in [5.74, 6) is 1.21. The van der Waals surface area contributed by atoms with Gasteiger partial charge in [-0.3, -0.25) is 0 Å². The minimum absolute atomic E-state index is 0.399. The molecule has 1 rings (SSSR count). The van der Waals surface area contributed by atoms with Gasteiger partial charge in [-0.25, -0.2) is 4.98 Å². The average molecular weight is 287 g/mol. The number of aromatic nitrogens is 1. The number of thiazole rings is 1. The van der Waals surface area contributed by atoms with Crippen LogP contribution in [-0.2, 0) is 0 Å². The monoisotopic (exact) mass is 287 g/mol. The molecule has 1 heterocycles. The van der Waals surface area contributed by atoms with Crippen molar-refractivity contribution >= 4 is 28.2 Å². The predicted molar refractivity (Wildman–Crippen MR) is 85.1 cm³/mol. The maximum atomic E-state index is 4.55. The largest absolute Gasteiger partial charge is 0.348 e. The van der Waals surface area contributed by atoms with Crippen LogP contribution in [0.5, 0.6) is 0 Å². The second kappa shape index (κ2) is 8.02. The lowest BCUT2D eigenvalue weighted by atomic mass is 10.2. The summed E-state index contributed by atoms with van der Waals surface area (Å²) in [5, 5.41) is 4.55. The Morgan fingerprint density at radius 1 is 1.50 bits per heavy atom. The van der Waals surface area contributed by atoms with E-state index in [1.807, 2.05) is 18.0 Å². The van der Waals surface area contributed by atoms with Crippen molar-refractivity contribution in [2.75, 3.05) is 30.5 Å². The topological polar surface area (TPSA) is 28.2 Å². The van der Waals surface area contributed by atoms with Gasteiger partial charge in [0.2, 0.25) is 0 Å². The first kappa shape index (κ1) is 15.8. The van der Waals surface area contributed by atoms with Crippen molar-refractivity contribution in [2.24, 2.45) is 0 Å². The van der Waals surface area contributed by atoms with Crippen molar-refractivity contribution < 1.29 is 0 Å². The van der Waals surface area contributed by atoms with Crippen LogP contribution in [0.3, 0.4) is 0 Å². The van der Waals surface area contributed by atoms with E-state index in [1.165, 1.54) is 17.1 Å². The number of anilines is 1. The third-order valence-electron chi connectivity index (χ3n) is 3.15. The molecule has 0 spiro atoms. The van der Waals surface area contributed by atoms with Gasteiger partial charge in [0.05, 0.1) is 0 Å². The fourth-order valence-corrected chi connectivity index (χ4v) is 3.30. The van der Waals surface area contributed by atoms with E-state index in [0.717, 1.165) is 11.7 Å². The maximum absolute atomic E-state index is 4.55. The van der Waals surface area contributed by atoms with Gasteiger partial charge in [-0.05, 0) is 38.8 Å². The van der Waals surface area contributed by atoms with E-state index in [1.54, 1.807) is 11.3 Å². The molecular weight excluding hydrogens is 262 g/mol. The molecule has 0 radical (unpaired) electrons. The molecule has 0 aromatic carbocycles. The van der Waals surface area contributed by atoms with Crippen LogP contribution in [-0.4, -0.2) is 36.6 Å². The highest BCUT2D eigenvalue weighted by molar-refractivity contribution is 7.98. The van der Waals surface area contributed by atoms with E-state index in [9.17, 15) is 0 Å². The van der Waals surface area contributed by atoms with Crippen LogP contribution in [0.2, 0.25) is 0 Å². The Morgan fingerprint density at radius 2 is 2.22 bits per heavy atom. The summed E-state index contributed by atoms with van der Waals surface area (Å²) in [7, 11) is 2.14. The molecule has 0 bridgehead atoms. The molecule has 0 fully saturated rings. The second-order valence-electron chi connectivity index (χ2n) is 4.57. The molecule has 104 valence electrons. The molecule has 0 amide bonds. The molecule has 0 aliphatic carbocycles. The molecule has 1 aromatic heterocycles. The zero-order chi connectivity index (χ0) is 13.5. The van der Waals surface area contributed by atoms with Crippen molar-refractivity contribution in [3.63, 3.8) is 0 Å². The van der Waals surface area contributed by atoms with E-state index in [2.05, 4.69) is 49.3 Å². The van der Waals surface area contributed by atoms with Crippen molar-refractivity contribution in [3.8, 4) is 0 Å². The van der Waals surface area contributed by atoms with Crippen LogP contribution < -0.4 is 10.2 Å². The van der Waals surface area contributed by atoms with Crippen LogP contribution in [0.1, 0.15) is 38.1 Å². The predicted octanol–water partition coefficient (Wildman–Crippen LogP) is 3.39. The summed E-state index contributed by atoms with van der Waals surface area (Å²) in [6, 6.07) is 0.946. The minimum Gasteiger partial charge on any atom is -0.348 e. The van der Waals surface area contributed by atoms with Gasteiger partial charge in [0.1, 0.15) is 0 Å². The number of thioether (sulfide) groups is 1. The van der Waals surface area contributed by atoms with Gasteiger partial charge in [-0.2, -0.15) is 11.8 Å².